The van der Waals surface area contributed by atoms with Gasteiger partial charge in [-0.05, 0) is 49.3 Å². The largest absolute Gasteiger partial charge is 0.481 e. The molecule has 1 aromatic carbocycles. The smallest absolute Gasteiger partial charge is 0.303 e. The summed E-state index contributed by atoms with van der Waals surface area (Å²) < 4.78 is 0. The minimum absolute atomic E-state index is 0.133. The van der Waals surface area contributed by atoms with E-state index in [2.05, 4.69) is 10.2 Å². The van der Waals surface area contributed by atoms with E-state index in [1.807, 2.05) is 31.2 Å². The lowest BCUT2D eigenvalue weighted by atomic mass is 9.91. The molecule has 0 radical (unpaired) electrons. The molecule has 104 valence electrons. The summed E-state index contributed by atoms with van der Waals surface area (Å²) in [5, 5.41) is 17.5. The van der Waals surface area contributed by atoms with Gasteiger partial charge in [-0.3, -0.25) is 4.79 Å². The van der Waals surface area contributed by atoms with E-state index in [0.717, 1.165) is 29.8 Å². The summed E-state index contributed by atoms with van der Waals surface area (Å²) in [7, 11) is 0. The number of hydrogen-bond acceptors (Lipinski definition) is 3. The van der Waals surface area contributed by atoms with Gasteiger partial charge in [0.05, 0.1) is 24.0 Å². The Balaban J connectivity index is 1.82. The molecule has 1 N–H and O–H groups in total. The number of rotatable bonds is 5. The Morgan fingerprint density at radius 1 is 1.40 bits per heavy atom. The average molecular weight is 271 g/mol. The van der Waals surface area contributed by atoms with E-state index in [-0.39, 0.29) is 12.3 Å². The van der Waals surface area contributed by atoms with Crippen molar-refractivity contribution in [1.82, 2.24) is 15.0 Å². The van der Waals surface area contributed by atoms with Crippen LogP contribution in [-0.2, 0) is 4.79 Å². The normalized spacial score (nSPS) is 16.1. The molecule has 1 atom stereocenters. The fourth-order valence-corrected chi connectivity index (χ4v) is 2.56. The molecule has 1 fully saturated rings. The molecular formula is C15H17N3O2. The second kappa shape index (κ2) is 5.07. The number of benzene rings is 1. The Bertz CT molecular complexity index is 614. The highest BCUT2D eigenvalue weighted by Crippen LogP contribution is 2.44. The second-order valence-corrected chi connectivity index (χ2v) is 5.41. The molecule has 0 spiro atoms. The maximum atomic E-state index is 11.0. The van der Waals surface area contributed by atoms with Crippen LogP contribution in [0.1, 0.15) is 36.4 Å². The van der Waals surface area contributed by atoms with Gasteiger partial charge in [0.15, 0.2) is 0 Å². The zero-order valence-electron chi connectivity index (χ0n) is 11.4. The number of aliphatic carboxylic acids is 1. The summed E-state index contributed by atoms with van der Waals surface area (Å²) in [5.41, 5.74) is 2.87. The van der Waals surface area contributed by atoms with Crippen LogP contribution in [0.15, 0.2) is 30.5 Å². The van der Waals surface area contributed by atoms with Gasteiger partial charge in [-0.15, -0.1) is 0 Å². The number of carbonyl (C=O) groups is 1. The van der Waals surface area contributed by atoms with Crippen molar-refractivity contribution in [2.75, 3.05) is 0 Å². The van der Waals surface area contributed by atoms with Crippen LogP contribution in [0.4, 0.5) is 0 Å². The zero-order chi connectivity index (χ0) is 14.1. The summed E-state index contributed by atoms with van der Waals surface area (Å²) in [6, 6.07) is 7.90. The predicted octanol–water partition coefficient (Wildman–Crippen LogP) is 2.54. The minimum Gasteiger partial charge on any atom is -0.481 e. The molecule has 3 rings (SSSR count). The number of carboxylic acids is 1. The van der Waals surface area contributed by atoms with Crippen LogP contribution in [0.25, 0.3) is 5.69 Å². The molecular weight excluding hydrogens is 254 g/mol. The van der Waals surface area contributed by atoms with Crippen LogP contribution < -0.4 is 0 Å². The standard InChI is InChI=1S/C15H17N3O2/c1-10-9-16-18(17-10)13-6-4-12(5-7-13)14(8-15(19)20)11-2-3-11/h4-7,9,11,14H,2-3,8H2,1H3,(H,19,20). The third-order valence-corrected chi connectivity index (χ3v) is 3.74. The van der Waals surface area contributed by atoms with Gasteiger partial charge < -0.3 is 5.11 Å². The highest BCUT2D eigenvalue weighted by atomic mass is 16.4. The van der Waals surface area contributed by atoms with E-state index in [4.69, 9.17) is 5.11 Å². The molecule has 0 amide bonds. The van der Waals surface area contributed by atoms with Crippen molar-refractivity contribution in [2.45, 2.75) is 32.1 Å². The van der Waals surface area contributed by atoms with Crippen LogP contribution in [-0.4, -0.2) is 26.1 Å². The number of nitrogens with zero attached hydrogens (tertiary/aromatic N) is 3. The molecule has 0 bridgehead atoms. The Morgan fingerprint density at radius 3 is 2.60 bits per heavy atom. The van der Waals surface area contributed by atoms with Crippen molar-refractivity contribution in [3.05, 3.63) is 41.7 Å². The van der Waals surface area contributed by atoms with E-state index < -0.39 is 5.97 Å². The summed E-state index contributed by atoms with van der Waals surface area (Å²) >= 11 is 0. The predicted molar refractivity (Wildman–Crippen MR) is 73.8 cm³/mol. The maximum absolute atomic E-state index is 11.0. The fraction of sp³-hybridized carbons (Fsp3) is 0.400. The average Bonchev–Trinajstić information content (AvgIpc) is 3.18. The Morgan fingerprint density at radius 2 is 2.10 bits per heavy atom. The second-order valence-electron chi connectivity index (χ2n) is 5.41. The first-order valence-electron chi connectivity index (χ1n) is 6.84. The SMILES string of the molecule is Cc1cnn(-c2ccc(C(CC(=O)O)C3CC3)cc2)n1. The molecule has 1 heterocycles. The van der Waals surface area contributed by atoms with Gasteiger partial charge in [-0.1, -0.05) is 12.1 Å². The lowest BCUT2D eigenvalue weighted by Gasteiger charge is -2.14. The highest BCUT2D eigenvalue weighted by Gasteiger charge is 2.33. The summed E-state index contributed by atoms with van der Waals surface area (Å²) in [4.78, 5) is 12.6. The van der Waals surface area contributed by atoms with Crippen molar-refractivity contribution in [3.8, 4) is 5.69 Å². The molecule has 0 aliphatic heterocycles. The quantitative estimate of drug-likeness (QED) is 0.907. The highest BCUT2D eigenvalue weighted by molar-refractivity contribution is 5.68. The molecule has 5 nitrogen and oxygen atoms in total. The Kier molecular flexibility index (Phi) is 3.26. The van der Waals surface area contributed by atoms with E-state index in [1.165, 1.54) is 0 Å². The van der Waals surface area contributed by atoms with Crippen molar-refractivity contribution >= 4 is 5.97 Å². The first-order valence-corrected chi connectivity index (χ1v) is 6.84. The van der Waals surface area contributed by atoms with Crippen molar-refractivity contribution in [3.63, 3.8) is 0 Å². The van der Waals surface area contributed by atoms with Crippen molar-refractivity contribution < 1.29 is 9.90 Å². The first kappa shape index (κ1) is 12.8. The topological polar surface area (TPSA) is 68.0 Å². The summed E-state index contributed by atoms with van der Waals surface area (Å²) in [5.74, 6) is -0.0637. The van der Waals surface area contributed by atoms with Gasteiger partial charge in [0, 0.05) is 0 Å². The molecule has 5 heteroatoms. The van der Waals surface area contributed by atoms with Crippen molar-refractivity contribution in [1.29, 1.82) is 0 Å². The third kappa shape index (κ3) is 2.71. The van der Waals surface area contributed by atoms with E-state index in [0.29, 0.717) is 5.92 Å². The third-order valence-electron chi connectivity index (χ3n) is 3.74. The maximum Gasteiger partial charge on any atom is 0.303 e. The van der Waals surface area contributed by atoms with Gasteiger partial charge in [-0.2, -0.15) is 15.0 Å². The lowest BCUT2D eigenvalue weighted by Crippen LogP contribution is -2.08. The zero-order valence-corrected chi connectivity index (χ0v) is 11.4. The van der Waals surface area contributed by atoms with E-state index in [9.17, 15) is 4.79 Å². The number of aryl methyl sites for hydroxylation is 1. The first-order chi connectivity index (χ1) is 9.63. The fourth-order valence-electron chi connectivity index (χ4n) is 2.56. The lowest BCUT2D eigenvalue weighted by molar-refractivity contribution is -0.137. The van der Waals surface area contributed by atoms with Crippen LogP contribution in [0.2, 0.25) is 0 Å². The Hall–Kier alpha value is -2.17. The van der Waals surface area contributed by atoms with E-state index >= 15 is 0 Å². The van der Waals surface area contributed by atoms with Gasteiger partial charge in [0.25, 0.3) is 0 Å². The molecule has 1 aliphatic rings. The molecule has 1 saturated carbocycles. The molecule has 1 aromatic heterocycles. The van der Waals surface area contributed by atoms with Crippen molar-refractivity contribution in [2.24, 2.45) is 5.92 Å². The minimum atomic E-state index is -0.727. The van der Waals surface area contributed by atoms with Gasteiger partial charge in [0.1, 0.15) is 0 Å². The number of carboxylic acid groups (broad SMARTS) is 1. The van der Waals surface area contributed by atoms with E-state index in [1.54, 1.807) is 11.0 Å². The van der Waals surface area contributed by atoms with Crippen LogP contribution in [0.5, 0.6) is 0 Å². The number of aromatic nitrogens is 3. The summed E-state index contributed by atoms with van der Waals surface area (Å²) in [6.45, 7) is 1.90. The molecule has 0 saturated heterocycles. The van der Waals surface area contributed by atoms with Crippen LogP contribution in [0.3, 0.4) is 0 Å². The monoisotopic (exact) mass is 271 g/mol. The van der Waals surface area contributed by atoms with Gasteiger partial charge in [0.2, 0.25) is 0 Å². The number of hydrogen-bond donors (Lipinski definition) is 1. The van der Waals surface area contributed by atoms with Crippen LogP contribution in [0, 0.1) is 12.8 Å². The van der Waals surface area contributed by atoms with Gasteiger partial charge >= 0.3 is 5.97 Å². The molecule has 1 unspecified atom stereocenters. The molecule has 1 aliphatic carbocycles. The summed E-state index contributed by atoms with van der Waals surface area (Å²) in [6.07, 6.45) is 4.20. The molecule has 20 heavy (non-hydrogen) atoms. The Labute approximate surface area is 117 Å². The molecule has 2 aromatic rings. The van der Waals surface area contributed by atoms with Crippen LogP contribution >= 0.6 is 0 Å². The van der Waals surface area contributed by atoms with Gasteiger partial charge in [-0.25, -0.2) is 0 Å².